The lowest BCUT2D eigenvalue weighted by molar-refractivity contribution is -0.151. The van der Waals surface area contributed by atoms with Gasteiger partial charge in [0.1, 0.15) is 0 Å². The van der Waals surface area contributed by atoms with Gasteiger partial charge in [0.25, 0.3) is 0 Å². The highest BCUT2D eigenvalue weighted by Gasteiger charge is 2.41. The molecule has 0 fully saturated rings. The van der Waals surface area contributed by atoms with Gasteiger partial charge in [-0.15, -0.1) is 0 Å². The topological polar surface area (TPSA) is 86.7 Å². The number of rotatable bonds is 40. The van der Waals surface area contributed by atoms with E-state index in [0.29, 0.717) is 24.0 Å². The zero-order valence-corrected chi connectivity index (χ0v) is 57.3. The summed E-state index contributed by atoms with van der Waals surface area (Å²) in [4.78, 5) is 52.2. The molecule has 6 heteroatoms. The SMILES string of the molecule is CCCCCCCCC/C=C/C=C/C=C/C=C/C=C/C=C/C(=O)OC1CC(C)(C)C(/C=C/C(C)=C/C=C/C(C)=C/C=C/C=C(C)/C=C/C=C(C)/C=C/C2=C(C)C(=O)C(OC(=O)/C=C/C=C/C=C/C=C/C=C/C=C/CCCCCCCCC)CC2(C)C)=C(C)C1=O. The number of allylic oxidation sites excluding steroid dienone is 42. The lowest BCUT2D eigenvalue weighted by Gasteiger charge is -2.36. The smallest absolute Gasteiger partial charge is 0.331 e. The number of unbranched alkanes of at least 4 members (excludes halogenated alkanes) is 14. The van der Waals surface area contributed by atoms with Gasteiger partial charge in [0.05, 0.1) is 0 Å². The molecule has 484 valence electrons. The molecule has 0 aromatic heterocycles. The van der Waals surface area contributed by atoms with E-state index in [2.05, 4.69) is 104 Å². The molecule has 0 aliphatic heterocycles. The quantitative estimate of drug-likeness (QED) is 0.0263. The number of hydrogen-bond donors (Lipinski definition) is 0. The molecule has 2 aliphatic rings. The van der Waals surface area contributed by atoms with Gasteiger partial charge in [0.2, 0.25) is 0 Å². The summed E-state index contributed by atoms with van der Waals surface area (Å²) >= 11 is 0. The lowest BCUT2D eigenvalue weighted by atomic mass is 9.71. The predicted octanol–water partition coefficient (Wildman–Crippen LogP) is 23.0. The molecule has 90 heavy (non-hydrogen) atoms. The van der Waals surface area contributed by atoms with E-state index >= 15 is 0 Å². The summed E-state index contributed by atoms with van der Waals surface area (Å²) < 4.78 is 11.3. The van der Waals surface area contributed by atoms with Crippen molar-refractivity contribution in [2.45, 2.75) is 211 Å². The fourth-order valence-corrected chi connectivity index (χ4v) is 10.2. The molecule has 0 aromatic rings. The molecule has 2 aliphatic carbocycles. The zero-order chi connectivity index (χ0) is 66.1. The van der Waals surface area contributed by atoms with Crippen molar-refractivity contribution in [1.29, 1.82) is 0 Å². The molecule has 6 nitrogen and oxygen atoms in total. The van der Waals surface area contributed by atoms with Crippen molar-refractivity contribution < 1.29 is 28.7 Å². The Morgan fingerprint density at radius 3 is 0.978 bits per heavy atom. The van der Waals surface area contributed by atoms with Crippen LogP contribution >= 0.6 is 0 Å². The van der Waals surface area contributed by atoms with Crippen molar-refractivity contribution in [3.05, 3.63) is 275 Å². The Hall–Kier alpha value is -7.70. The van der Waals surface area contributed by atoms with Crippen molar-refractivity contribution in [1.82, 2.24) is 0 Å². The molecular weight excluding hydrogens is 1100 g/mol. The molecule has 0 radical (unpaired) electrons. The van der Waals surface area contributed by atoms with Crippen LogP contribution in [0.2, 0.25) is 0 Å². The van der Waals surface area contributed by atoms with E-state index < -0.39 is 24.1 Å². The van der Waals surface area contributed by atoms with E-state index in [9.17, 15) is 19.2 Å². The molecule has 0 spiro atoms. The zero-order valence-electron chi connectivity index (χ0n) is 57.3. The van der Waals surface area contributed by atoms with E-state index in [1.165, 1.54) is 102 Å². The van der Waals surface area contributed by atoms with Gasteiger partial charge in [-0.1, -0.05) is 360 Å². The normalized spacial score (nSPS) is 19.0. The summed E-state index contributed by atoms with van der Waals surface area (Å²) in [5.41, 5.74) is 6.58. The first-order valence-electron chi connectivity index (χ1n) is 33.3. The van der Waals surface area contributed by atoms with Crippen molar-refractivity contribution >= 4 is 23.5 Å². The van der Waals surface area contributed by atoms with Gasteiger partial charge in [-0.05, 0) is 100 Å². The van der Waals surface area contributed by atoms with Crippen molar-refractivity contribution in [2.75, 3.05) is 0 Å². The number of ketones is 2. The number of hydrogen-bond acceptors (Lipinski definition) is 6. The van der Waals surface area contributed by atoms with Crippen LogP contribution in [0.1, 0.15) is 199 Å². The van der Waals surface area contributed by atoms with Crippen molar-refractivity contribution in [3.63, 3.8) is 0 Å². The van der Waals surface area contributed by atoms with E-state index in [0.717, 1.165) is 46.3 Å². The Labute approximate surface area is 546 Å². The molecule has 0 saturated heterocycles. The van der Waals surface area contributed by atoms with Crippen LogP contribution in [0.4, 0.5) is 0 Å². The second-order valence-electron chi connectivity index (χ2n) is 24.7. The first kappa shape index (κ1) is 78.4. The fourth-order valence-electron chi connectivity index (χ4n) is 10.2. The van der Waals surface area contributed by atoms with Gasteiger partial charge in [0.15, 0.2) is 23.8 Å². The summed E-state index contributed by atoms with van der Waals surface area (Å²) in [6.07, 6.45) is 93.8. The molecule has 0 heterocycles. The average molecular weight is 1220 g/mol. The maximum absolute atomic E-state index is 13.4. The van der Waals surface area contributed by atoms with E-state index in [-0.39, 0.29) is 22.4 Å². The van der Waals surface area contributed by atoms with Gasteiger partial charge in [-0.25, -0.2) is 9.59 Å². The Kier molecular flexibility index (Phi) is 42.0. The maximum Gasteiger partial charge on any atom is 0.331 e. The first-order valence-corrected chi connectivity index (χ1v) is 33.3. The van der Waals surface area contributed by atoms with Gasteiger partial charge >= 0.3 is 11.9 Å². The standard InChI is InChI=1S/C84H112O6/c1-13-15-17-19-21-23-25-27-29-31-33-35-37-39-41-43-45-47-49-61-79(85)89-77-67-83(9,10)75(73(7)81(77)87)65-63-71(5)59-53-57-69(3)55-51-52-56-70(4)58-54-60-72(6)64-66-76-74(8)82(88)78(68-84(76,11)12)90-80(86)62-50-48-46-44-42-40-38-36-34-32-30-28-26-24-22-20-18-16-14-2/h29-66,77-78H,13-28,67-68H2,1-12H3/b31-29+,32-30+,35-33+,36-34+,39-37+,40-38+,43-41+,44-42+,47-45+,48-46+,52-51+,57-53+,58-54+,61-49+,62-50+,65-63+,66-64+,69-55+,70-56+,71-59+,72-60+. The summed E-state index contributed by atoms with van der Waals surface area (Å²) in [5, 5.41) is 0. The Bertz CT molecular complexity index is 2780. The third-order valence-corrected chi connectivity index (χ3v) is 15.5. The lowest BCUT2D eigenvalue weighted by Crippen LogP contribution is -2.38. The Morgan fingerprint density at radius 1 is 0.367 bits per heavy atom. The maximum atomic E-state index is 13.4. The fraction of sp³-hybridized carbons (Fsp3) is 0.405. The van der Waals surface area contributed by atoms with E-state index in [4.69, 9.17) is 9.47 Å². The summed E-state index contributed by atoms with van der Waals surface area (Å²) in [5.74, 6) is -1.42. The minimum atomic E-state index is -0.835. The highest BCUT2D eigenvalue weighted by Crippen LogP contribution is 2.42. The predicted molar refractivity (Wildman–Crippen MR) is 388 cm³/mol. The van der Waals surface area contributed by atoms with E-state index in [1.807, 2.05) is 174 Å². The summed E-state index contributed by atoms with van der Waals surface area (Å²) in [7, 11) is 0. The Morgan fingerprint density at radius 2 is 0.644 bits per heavy atom. The van der Waals surface area contributed by atoms with Crippen LogP contribution in [0.5, 0.6) is 0 Å². The molecule has 0 saturated carbocycles. The second-order valence-corrected chi connectivity index (χ2v) is 24.7. The van der Waals surface area contributed by atoms with Crippen LogP contribution < -0.4 is 0 Å². The molecule has 2 unspecified atom stereocenters. The molecule has 0 bridgehead atoms. The van der Waals surface area contributed by atoms with Crippen LogP contribution in [0.15, 0.2) is 275 Å². The van der Waals surface area contributed by atoms with Gasteiger partial charge in [-0.3, -0.25) is 9.59 Å². The van der Waals surface area contributed by atoms with E-state index in [1.54, 1.807) is 24.3 Å². The number of carbonyl (C=O) groups is 4. The first-order chi connectivity index (χ1) is 43.3. The Balaban J connectivity index is 1.83. The molecule has 2 atom stereocenters. The molecule has 2 rings (SSSR count). The average Bonchev–Trinajstić information content (AvgIpc) is 1.13. The molecule has 0 amide bonds. The van der Waals surface area contributed by atoms with Crippen LogP contribution in [-0.2, 0) is 28.7 Å². The largest absolute Gasteiger partial charge is 0.451 e. The van der Waals surface area contributed by atoms with Crippen LogP contribution in [0.25, 0.3) is 0 Å². The number of ether oxygens (including phenoxy) is 2. The number of esters is 2. The van der Waals surface area contributed by atoms with Crippen molar-refractivity contribution in [3.8, 4) is 0 Å². The highest BCUT2D eigenvalue weighted by molar-refractivity contribution is 6.03. The van der Waals surface area contributed by atoms with Gasteiger partial charge in [-0.2, -0.15) is 0 Å². The molecule has 0 aromatic carbocycles. The molecular formula is C84H112O6. The third kappa shape index (κ3) is 36.7. The minimum absolute atomic E-state index is 0.167. The highest BCUT2D eigenvalue weighted by atomic mass is 16.6. The number of carbonyl (C=O) groups excluding carboxylic acids is 4. The monoisotopic (exact) mass is 1220 g/mol. The van der Waals surface area contributed by atoms with Gasteiger partial charge in [0, 0.05) is 25.0 Å². The third-order valence-electron chi connectivity index (χ3n) is 15.5. The summed E-state index contributed by atoms with van der Waals surface area (Å²) in [6.45, 7) is 24.6. The van der Waals surface area contributed by atoms with Gasteiger partial charge < -0.3 is 9.47 Å². The second kappa shape index (κ2) is 48.2. The number of Topliss-reactive ketones (excluding diaryl/α,β-unsaturated/α-hetero) is 2. The van der Waals surface area contributed by atoms with Crippen LogP contribution in [0, 0.1) is 10.8 Å². The molecule has 0 N–H and O–H groups in total. The summed E-state index contributed by atoms with van der Waals surface area (Å²) in [6, 6.07) is 0. The van der Waals surface area contributed by atoms with Crippen LogP contribution in [0.3, 0.4) is 0 Å². The van der Waals surface area contributed by atoms with Crippen LogP contribution in [-0.4, -0.2) is 35.7 Å². The van der Waals surface area contributed by atoms with Crippen molar-refractivity contribution in [2.24, 2.45) is 10.8 Å². The minimum Gasteiger partial charge on any atom is -0.451 e.